The summed E-state index contributed by atoms with van der Waals surface area (Å²) < 4.78 is 31.4. The lowest BCUT2D eigenvalue weighted by Crippen LogP contribution is -2.35. The first-order valence-electron chi connectivity index (χ1n) is 8.76. The highest BCUT2D eigenvalue weighted by molar-refractivity contribution is 7.89. The van der Waals surface area contributed by atoms with Crippen molar-refractivity contribution in [3.63, 3.8) is 0 Å². The number of piperidine rings is 1. The van der Waals surface area contributed by atoms with Crippen LogP contribution in [0.25, 0.3) is 0 Å². The lowest BCUT2D eigenvalue weighted by atomic mass is 10.2. The number of thiophene rings is 1. The Kier molecular flexibility index (Phi) is 6.32. The second-order valence-corrected chi connectivity index (χ2v) is 9.08. The summed E-state index contributed by atoms with van der Waals surface area (Å²) >= 11 is 1.25. The third-order valence-electron chi connectivity index (χ3n) is 4.38. The van der Waals surface area contributed by atoms with Crippen molar-refractivity contribution in [3.05, 3.63) is 41.3 Å². The zero-order valence-electron chi connectivity index (χ0n) is 15.3. The van der Waals surface area contributed by atoms with Crippen LogP contribution in [0.3, 0.4) is 0 Å². The highest BCUT2D eigenvalue weighted by Crippen LogP contribution is 2.29. The molecule has 1 saturated heterocycles. The highest BCUT2D eigenvalue weighted by Gasteiger charge is 2.26. The fraction of sp³-hybridized carbons (Fsp3) is 0.333. The number of nitrogens with one attached hydrogen (secondary N) is 2. The Morgan fingerprint density at radius 1 is 1.04 bits per heavy atom. The van der Waals surface area contributed by atoms with Crippen LogP contribution >= 0.6 is 11.3 Å². The first kappa shape index (κ1) is 20.3. The molecule has 2 amide bonds. The largest absolute Gasteiger partial charge is 0.453 e. The summed E-state index contributed by atoms with van der Waals surface area (Å²) in [5.74, 6) is -0.405. The molecule has 0 spiro atoms. The van der Waals surface area contributed by atoms with Crippen molar-refractivity contribution in [2.75, 3.05) is 30.8 Å². The molecule has 10 heteroatoms. The molecule has 1 aliphatic heterocycles. The molecule has 8 nitrogen and oxygen atoms in total. The maximum Gasteiger partial charge on any atom is 0.411 e. The van der Waals surface area contributed by atoms with Gasteiger partial charge in [-0.05, 0) is 48.6 Å². The van der Waals surface area contributed by atoms with Gasteiger partial charge in [-0.1, -0.05) is 6.42 Å². The molecule has 2 aromatic rings. The Balaban J connectivity index is 1.71. The molecule has 2 N–H and O–H groups in total. The molecule has 2 heterocycles. The Hall–Kier alpha value is -2.43. The Bertz CT molecular complexity index is 948. The normalized spacial score (nSPS) is 15.0. The van der Waals surface area contributed by atoms with Gasteiger partial charge >= 0.3 is 6.09 Å². The number of nitrogens with zero attached hydrogens (tertiary/aromatic N) is 1. The first-order valence-corrected chi connectivity index (χ1v) is 11.1. The van der Waals surface area contributed by atoms with Gasteiger partial charge in [-0.3, -0.25) is 10.1 Å². The molecule has 1 aromatic carbocycles. The Morgan fingerprint density at radius 3 is 2.36 bits per heavy atom. The SMILES string of the molecule is COC(=O)Nc1ccsc1NC(=O)c1ccc(S(=O)(=O)N2CCCCC2)cc1. The summed E-state index contributed by atoms with van der Waals surface area (Å²) in [6.07, 6.45) is 2.13. The molecule has 0 radical (unpaired) electrons. The first-order chi connectivity index (χ1) is 13.4. The van der Waals surface area contributed by atoms with Crippen LogP contribution in [0.2, 0.25) is 0 Å². The molecule has 0 atom stereocenters. The van der Waals surface area contributed by atoms with E-state index in [1.54, 1.807) is 11.4 Å². The summed E-state index contributed by atoms with van der Waals surface area (Å²) in [4.78, 5) is 24.0. The van der Waals surface area contributed by atoms with Crippen LogP contribution in [-0.2, 0) is 14.8 Å². The number of hydrogen-bond donors (Lipinski definition) is 2. The van der Waals surface area contributed by atoms with E-state index >= 15 is 0 Å². The maximum atomic E-state index is 12.7. The van der Waals surface area contributed by atoms with Crippen molar-refractivity contribution < 1.29 is 22.7 Å². The van der Waals surface area contributed by atoms with Gasteiger partial charge in [0, 0.05) is 18.7 Å². The zero-order chi connectivity index (χ0) is 20.1. The lowest BCUT2D eigenvalue weighted by molar-refractivity contribution is 0.102. The molecule has 1 aromatic heterocycles. The van der Waals surface area contributed by atoms with E-state index < -0.39 is 22.0 Å². The number of ether oxygens (including phenoxy) is 1. The number of carbonyl (C=O) groups excluding carboxylic acids is 2. The predicted octanol–water partition coefficient (Wildman–Crippen LogP) is 3.35. The van der Waals surface area contributed by atoms with E-state index in [0.717, 1.165) is 19.3 Å². The average Bonchev–Trinajstić information content (AvgIpc) is 3.15. The van der Waals surface area contributed by atoms with E-state index in [1.807, 2.05) is 0 Å². The van der Waals surface area contributed by atoms with Crippen molar-refractivity contribution in [1.82, 2.24) is 4.31 Å². The number of carbonyl (C=O) groups is 2. The van der Waals surface area contributed by atoms with Crippen molar-refractivity contribution in [1.29, 1.82) is 0 Å². The molecular formula is C18H21N3O5S2. The van der Waals surface area contributed by atoms with Crippen LogP contribution in [0.1, 0.15) is 29.6 Å². The number of rotatable bonds is 5. The predicted molar refractivity (Wildman–Crippen MR) is 107 cm³/mol. The number of amides is 2. The third-order valence-corrected chi connectivity index (χ3v) is 7.13. The fourth-order valence-electron chi connectivity index (χ4n) is 2.87. The number of hydrogen-bond acceptors (Lipinski definition) is 6. The summed E-state index contributed by atoms with van der Waals surface area (Å²) in [5.41, 5.74) is 0.740. The van der Waals surface area contributed by atoms with E-state index in [-0.39, 0.29) is 4.90 Å². The van der Waals surface area contributed by atoms with E-state index in [4.69, 9.17) is 0 Å². The van der Waals surface area contributed by atoms with Crippen molar-refractivity contribution in [3.8, 4) is 0 Å². The van der Waals surface area contributed by atoms with E-state index in [0.29, 0.717) is 29.3 Å². The van der Waals surface area contributed by atoms with Gasteiger partial charge in [0.15, 0.2) is 0 Å². The Labute approximate surface area is 167 Å². The van der Waals surface area contributed by atoms with Crippen molar-refractivity contribution >= 4 is 44.0 Å². The molecule has 28 heavy (non-hydrogen) atoms. The molecule has 0 bridgehead atoms. The molecule has 1 fully saturated rings. The van der Waals surface area contributed by atoms with Crippen LogP contribution in [0.5, 0.6) is 0 Å². The summed E-state index contributed by atoms with van der Waals surface area (Å²) in [6.45, 7) is 1.05. The standard InChI is InChI=1S/C18H21N3O5S2/c1-26-18(23)19-15-9-12-27-17(15)20-16(22)13-5-7-14(8-6-13)28(24,25)21-10-3-2-4-11-21/h5-9,12H,2-4,10-11H2,1H3,(H,19,23)(H,20,22). The molecule has 3 rings (SSSR count). The second kappa shape index (κ2) is 8.72. The zero-order valence-corrected chi connectivity index (χ0v) is 16.9. The molecule has 0 saturated carbocycles. The van der Waals surface area contributed by atoms with Crippen molar-refractivity contribution in [2.24, 2.45) is 0 Å². The topological polar surface area (TPSA) is 105 Å². The van der Waals surface area contributed by atoms with Crippen LogP contribution in [0.4, 0.5) is 15.5 Å². The smallest absolute Gasteiger partial charge is 0.411 e. The van der Waals surface area contributed by atoms with Gasteiger partial charge in [-0.15, -0.1) is 11.3 Å². The van der Waals surface area contributed by atoms with Gasteiger partial charge in [-0.25, -0.2) is 13.2 Å². The van der Waals surface area contributed by atoms with Crippen LogP contribution in [0, 0.1) is 0 Å². The van der Waals surface area contributed by atoms with E-state index in [9.17, 15) is 18.0 Å². The van der Waals surface area contributed by atoms with Gasteiger partial charge in [0.05, 0.1) is 17.7 Å². The molecule has 150 valence electrons. The van der Waals surface area contributed by atoms with E-state index in [1.165, 1.54) is 47.0 Å². The van der Waals surface area contributed by atoms with Gasteiger partial charge < -0.3 is 10.1 Å². The quantitative estimate of drug-likeness (QED) is 0.767. The molecular weight excluding hydrogens is 402 g/mol. The highest BCUT2D eigenvalue weighted by atomic mass is 32.2. The fourth-order valence-corrected chi connectivity index (χ4v) is 5.13. The molecule has 0 aliphatic carbocycles. The number of sulfonamides is 1. The summed E-state index contributed by atoms with van der Waals surface area (Å²) in [5, 5.41) is 7.40. The average molecular weight is 424 g/mol. The Morgan fingerprint density at radius 2 is 1.71 bits per heavy atom. The van der Waals surface area contributed by atoms with Gasteiger partial charge in [0.2, 0.25) is 10.0 Å². The van der Waals surface area contributed by atoms with Gasteiger partial charge in [0.25, 0.3) is 5.91 Å². The van der Waals surface area contributed by atoms with E-state index in [2.05, 4.69) is 15.4 Å². The number of methoxy groups -OCH3 is 1. The van der Waals surface area contributed by atoms with Crippen molar-refractivity contribution in [2.45, 2.75) is 24.2 Å². The second-order valence-electron chi connectivity index (χ2n) is 6.22. The maximum absolute atomic E-state index is 12.7. The third kappa shape index (κ3) is 4.51. The summed E-state index contributed by atoms with van der Waals surface area (Å²) in [6, 6.07) is 7.49. The van der Waals surface area contributed by atoms with Crippen LogP contribution in [0.15, 0.2) is 40.6 Å². The van der Waals surface area contributed by atoms with Gasteiger partial charge in [-0.2, -0.15) is 4.31 Å². The monoisotopic (exact) mass is 423 g/mol. The summed E-state index contributed by atoms with van der Waals surface area (Å²) in [7, 11) is -2.29. The van der Waals surface area contributed by atoms with Crippen LogP contribution in [-0.4, -0.2) is 44.9 Å². The minimum atomic E-state index is -3.54. The number of benzene rings is 1. The minimum Gasteiger partial charge on any atom is -0.453 e. The van der Waals surface area contributed by atoms with Crippen LogP contribution < -0.4 is 10.6 Å². The minimum absolute atomic E-state index is 0.176. The molecule has 0 unspecified atom stereocenters. The molecule has 1 aliphatic rings. The lowest BCUT2D eigenvalue weighted by Gasteiger charge is -2.25. The van der Waals surface area contributed by atoms with Gasteiger partial charge in [0.1, 0.15) is 5.00 Å². The number of anilines is 2.